The SMILES string of the molecule is O=C(O)C=Cc1ccccc1OCC1CCOC1. The molecule has 1 N–H and O–H groups in total. The summed E-state index contributed by atoms with van der Waals surface area (Å²) >= 11 is 0. The normalized spacial score (nSPS) is 19.2. The lowest BCUT2D eigenvalue weighted by molar-refractivity contribution is -0.131. The number of carboxylic acid groups (broad SMARTS) is 1. The Morgan fingerprint density at radius 2 is 2.33 bits per heavy atom. The highest BCUT2D eigenvalue weighted by molar-refractivity contribution is 5.85. The zero-order chi connectivity index (χ0) is 12.8. The van der Waals surface area contributed by atoms with Crippen molar-refractivity contribution in [1.82, 2.24) is 0 Å². The van der Waals surface area contributed by atoms with Crippen LogP contribution in [0.25, 0.3) is 6.08 Å². The molecule has 0 aliphatic carbocycles. The van der Waals surface area contributed by atoms with E-state index in [0.29, 0.717) is 18.3 Å². The van der Waals surface area contributed by atoms with Gasteiger partial charge in [0.25, 0.3) is 0 Å². The number of aliphatic carboxylic acids is 1. The number of benzene rings is 1. The molecule has 96 valence electrons. The fourth-order valence-electron chi connectivity index (χ4n) is 1.83. The standard InChI is InChI=1S/C14H16O4/c15-14(16)6-5-12-3-1-2-4-13(12)18-10-11-7-8-17-9-11/h1-6,11H,7-10H2,(H,15,16). The number of ether oxygens (including phenoxy) is 2. The van der Waals surface area contributed by atoms with Crippen LogP contribution < -0.4 is 4.74 Å². The summed E-state index contributed by atoms with van der Waals surface area (Å²) in [5.41, 5.74) is 0.777. The van der Waals surface area contributed by atoms with Crippen molar-refractivity contribution in [3.63, 3.8) is 0 Å². The molecule has 0 saturated carbocycles. The Balaban J connectivity index is 2.00. The molecule has 1 atom stereocenters. The minimum absolute atomic E-state index is 0.432. The minimum atomic E-state index is -0.964. The molecule has 18 heavy (non-hydrogen) atoms. The molecule has 1 unspecified atom stereocenters. The number of rotatable bonds is 5. The third-order valence-corrected chi connectivity index (χ3v) is 2.82. The van der Waals surface area contributed by atoms with Crippen molar-refractivity contribution in [2.45, 2.75) is 6.42 Å². The van der Waals surface area contributed by atoms with Gasteiger partial charge in [-0.15, -0.1) is 0 Å². The summed E-state index contributed by atoms with van der Waals surface area (Å²) in [6.07, 6.45) is 3.68. The Labute approximate surface area is 106 Å². The van der Waals surface area contributed by atoms with E-state index in [1.165, 1.54) is 0 Å². The Morgan fingerprint density at radius 1 is 1.50 bits per heavy atom. The van der Waals surface area contributed by atoms with Gasteiger partial charge in [0, 0.05) is 24.2 Å². The third kappa shape index (κ3) is 3.60. The lowest BCUT2D eigenvalue weighted by Crippen LogP contribution is -2.12. The second-order valence-corrected chi connectivity index (χ2v) is 4.25. The first-order valence-electron chi connectivity index (χ1n) is 5.96. The van der Waals surface area contributed by atoms with Crippen LogP contribution in [0.1, 0.15) is 12.0 Å². The van der Waals surface area contributed by atoms with Crippen molar-refractivity contribution < 1.29 is 19.4 Å². The smallest absolute Gasteiger partial charge is 0.328 e. The van der Waals surface area contributed by atoms with Crippen LogP contribution in [0.15, 0.2) is 30.3 Å². The lowest BCUT2D eigenvalue weighted by Gasteiger charge is -2.12. The van der Waals surface area contributed by atoms with Gasteiger partial charge in [-0.2, -0.15) is 0 Å². The molecular formula is C14H16O4. The molecule has 0 spiro atoms. The topological polar surface area (TPSA) is 55.8 Å². The summed E-state index contributed by atoms with van der Waals surface area (Å²) in [5, 5.41) is 8.62. The summed E-state index contributed by atoms with van der Waals surface area (Å²) in [5.74, 6) is 0.178. The van der Waals surface area contributed by atoms with Crippen molar-refractivity contribution in [3.8, 4) is 5.75 Å². The molecule has 1 aromatic rings. The zero-order valence-corrected chi connectivity index (χ0v) is 10.0. The highest BCUT2D eigenvalue weighted by atomic mass is 16.5. The van der Waals surface area contributed by atoms with Gasteiger partial charge in [0.2, 0.25) is 0 Å². The molecule has 1 aliphatic rings. The van der Waals surface area contributed by atoms with Crippen LogP contribution in [0.5, 0.6) is 5.75 Å². The number of hydrogen-bond donors (Lipinski definition) is 1. The fraction of sp³-hybridized carbons (Fsp3) is 0.357. The van der Waals surface area contributed by atoms with Crippen LogP contribution >= 0.6 is 0 Å². The number of carboxylic acids is 1. The zero-order valence-electron chi connectivity index (χ0n) is 10.0. The van der Waals surface area contributed by atoms with Crippen molar-refractivity contribution in [3.05, 3.63) is 35.9 Å². The van der Waals surface area contributed by atoms with E-state index < -0.39 is 5.97 Å². The first kappa shape index (κ1) is 12.6. The van der Waals surface area contributed by atoms with Crippen molar-refractivity contribution in [1.29, 1.82) is 0 Å². The maximum absolute atomic E-state index is 10.5. The van der Waals surface area contributed by atoms with Gasteiger partial charge >= 0.3 is 5.97 Å². The molecule has 0 aromatic heterocycles. The molecule has 1 aromatic carbocycles. The van der Waals surface area contributed by atoms with E-state index in [0.717, 1.165) is 31.3 Å². The molecule has 1 fully saturated rings. The van der Waals surface area contributed by atoms with Crippen molar-refractivity contribution >= 4 is 12.0 Å². The average Bonchev–Trinajstić information content (AvgIpc) is 2.88. The first-order valence-corrected chi connectivity index (χ1v) is 5.96. The van der Waals surface area contributed by atoms with Crippen LogP contribution in [0, 0.1) is 5.92 Å². The summed E-state index contributed by atoms with van der Waals surface area (Å²) in [6, 6.07) is 7.41. The van der Waals surface area contributed by atoms with Crippen LogP contribution in [0.2, 0.25) is 0 Å². The minimum Gasteiger partial charge on any atom is -0.493 e. The summed E-state index contributed by atoms with van der Waals surface area (Å²) < 4.78 is 11.0. The monoisotopic (exact) mass is 248 g/mol. The van der Waals surface area contributed by atoms with Crippen LogP contribution in [-0.2, 0) is 9.53 Å². The van der Waals surface area contributed by atoms with E-state index in [9.17, 15) is 4.79 Å². The quantitative estimate of drug-likeness (QED) is 0.812. The molecule has 0 radical (unpaired) electrons. The van der Waals surface area contributed by atoms with E-state index >= 15 is 0 Å². The Kier molecular flexibility index (Phi) is 4.36. The maximum atomic E-state index is 10.5. The molecule has 4 nitrogen and oxygen atoms in total. The van der Waals surface area contributed by atoms with E-state index in [4.69, 9.17) is 14.6 Å². The second-order valence-electron chi connectivity index (χ2n) is 4.25. The molecule has 4 heteroatoms. The highest BCUT2D eigenvalue weighted by Gasteiger charge is 2.16. The molecule has 1 saturated heterocycles. The molecule has 1 heterocycles. The van der Waals surface area contributed by atoms with Gasteiger partial charge in [0.05, 0.1) is 13.2 Å². The maximum Gasteiger partial charge on any atom is 0.328 e. The van der Waals surface area contributed by atoms with Crippen LogP contribution in [0.3, 0.4) is 0 Å². The Morgan fingerprint density at radius 3 is 3.06 bits per heavy atom. The second kappa shape index (κ2) is 6.21. The van der Waals surface area contributed by atoms with Gasteiger partial charge in [-0.1, -0.05) is 18.2 Å². The van der Waals surface area contributed by atoms with E-state index in [1.54, 1.807) is 6.08 Å². The van der Waals surface area contributed by atoms with Gasteiger partial charge in [-0.05, 0) is 18.6 Å². The van der Waals surface area contributed by atoms with Gasteiger partial charge < -0.3 is 14.6 Å². The first-order chi connectivity index (χ1) is 8.75. The number of hydrogen-bond acceptors (Lipinski definition) is 3. The molecule has 0 amide bonds. The fourth-order valence-corrected chi connectivity index (χ4v) is 1.83. The lowest BCUT2D eigenvalue weighted by atomic mass is 10.1. The van der Waals surface area contributed by atoms with E-state index in [-0.39, 0.29) is 0 Å². The van der Waals surface area contributed by atoms with Gasteiger partial charge in [-0.25, -0.2) is 4.79 Å². The van der Waals surface area contributed by atoms with E-state index in [1.807, 2.05) is 24.3 Å². The van der Waals surface area contributed by atoms with Gasteiger partial charge in [0.1, 0.15) is 5.75 Å². The van der Waals surface area contributed by atoms with Gasteiger partial charge in [0.15, 0.2) is 0 Å². The molecule has 2 rings (SSSR count). The molecule has 0 bridgehead atoms. The largest absolute Gasteiger partial charge is 0.493 e. The third-order valence-electron chi connectivity index (χ3n) is 2.82. The van der Waals surface area contributed by atoms with Gasteiger partial charge in [-0.3, -0.25) is 0 Å². The Hall–Kier alpha value is -1.81. The number of para-hydroxylation sites is 1. The molecular weight excluding hydrogens is 232 g/mol. The van der Waals surface area contributed by atoms with E-state index in [2.05, 4.69) is 0 Å². The van der Waals surface area contributed by atoms with Crippen LogP contribution in [0.4, 0.5) is 0 Å². The summed E-state index contributed by atoms with van der Waals surface area (Å²) in [4.78, 5) is 10.5. The van der Waals surface area contributed by atoms with Crippen molar-refractivity contribution in [2.24, 2.45) is 5.92 Å². The summed E-state index contributed by atoms with van der Waals surface area (Å²) in [7, 11) is 0. The average molecular weight is 248 g/mol. The van der Waals surface area contributed by atoms with Crippen LogP contribution in [-0.4, -0.2) is 30.9 Å². The number of carbonyl (C=O) groups is 1. The predicted octanol–water partition coefficient (Wildman–Crippen LogP) is 2.20. The predicted molar refractivity (Wildman–Crippen MR) is 67.5 cm³/mol. The highest BCUT2D eigenvalue weighted by Crippen LogP contribution is 2.21. The van der Waals surface area contributed by atoms with Crippen molar-refractivity contribution in [2.75, 3.05) is 19.8 Å². The molecule has 1 aliphatic heterocycles. The Bertz CT molecular complexity index is 433. The summed E-state index contributed by atoms with van der Waals surface area (Å²) in [6.45, 7) is 2.15.